The van der Waals surface area contributed by atoms with E-state index in [1.165, 1.54) is 16.3 Å². The Morgan fingerprint density at radius 2 is 1.84 bits per heavy atom. The summed E-state index contributed by atoms with van der Waals surface area (Å²) in [5.74, 6) is 0.586. The van der Waals surface area contributed by atoms with Crippen molar-refractivity contribution in [2.45, 2.75) is 31.2 Å². The topological polar surface area (TPSA) is 78.5 Å². The Hall–Kier alpha value is -3.39. The molecule has 0 fully saturated rings. The number of aryl methyl sites for hydroxylation is 2. The maximum Gasteiger partial charge on any atom is 0.300 e. The van der Waals surface area contributed by atoms with Crippen LogP contribution in [0.3, 0.4) is 0 Å². The maximum atomic E-state index is 13.0. The summed E-state index contributed by atoms with van der Waals surface area (Å²) < 4.78 is 8.45. The SMILES string of the molecule is COc1ccccc1-n1ccn2c(S[C@H](C)C(=O)c3ccc(C)c(C)c3)nnc2c1=O. The van der Waals surface area contributed by atoms with Crippen LogP contribution in [-0.2, 0) is 0 Å². The summed E-state index contributed by atoms with van der Waals surface area (Å²) in [5, 5.41) is 8.34. The van der Waals surface area contributed by atoms with Gasteiger partial charge in [-0.3, -0.25) is 18.6 Å². The fourth-order valence-corrected chi connectivity index (χ4v) is 4.21. The van der Waals surface area contributed by atoms with Crippen LogP contribution in [0.5, 0.6) is 5.75 Å². The minimum Gasteiger partial charge on any atom is -0.495 e. The first-order valence-electron chi connectivity index (χ1n) is 9.78. The van der Waals surface area contributed by atoms with Gasteiger partial charge >= 0.3 is 5.56 Å². The van der Waals surface area contributed by atoms with Crippen molar-refractivity contribution >= 4 is 23.2 Å². The molecular formula is C23H22N4O3S. The van der Waals surface area contributed by atoms with Crippen LogP contribution in [0.2, 0.25) is 0 Å². The maximum absolute atomic E-state index is 13.0. The highest BCUT2D eigenvalue weighted by Crippen LogP contribution is 2.26. The van der Waals surface area contributed by atoms with Crippen molar-refractivity contribution in [2.75, 3.05) is 7.11 Å². The quantitative estimate of drug-likeness (QED) is 0.339. The van der Waals surface area contributed by atoms with Crippen LogP contribution < -0.4 is 10.3 Å². The Morgan fingerprint density at radius 3 is 2.58 bits per heavy atom. The molecule has 0 saturated heterocycles. The molecule has 0 spiro atoms. The Kier molecular flexibility index (Phi) is 5.65. The lowest BCUT2D eigenvalue weighted by Gasteiger charge is -2.12. The highest BCUT2D eigenvalue weighted by molar-refractivity contribution is 8.00. The lowest BCUT2D eigenvalue weighted by atomic mass is 10.0. The summed E-state index contributed by atoms with van der Waals surface area (Å²) >= 11 is 1.28. The molecule has 0 aliphatic carbocycles. The first kappa shape index (κ1) is 20.9. The van der Waals surface area contributed by atoms with Crippen LogP contribution in [-0.4, -0.2) is 37.3 Å². The van der Waals surface area contributed by atoms with Crippen molar-refractivity contribution in [1.82, 2.24) is 19.2 Å². The molecule has 7 nitrogen and oxygen atoms in total. The predicted molar refractivity (Wildman–Crippen MR) is 121 cm³/mol. The van der Waals surface area contributed by atoms with E-state index in [0.717, 1.165) is 11.1 Å². The molecule has 2 aromatic heterocycles. The molecule has 2 heterocycles. The number of nitrogens with zero attached hydrogens (tertiary/aromatic N) is 4. The fourth-order valence-electron chi connectivity index (χ4n) is 3.31. The van der Waals surface area contributed by atoms with Gasteiger partial charge in [-0.1, -0.05) is 36.0 Å². The largest absolute Gasteiger partial charge is 0.495 e. The molecule has 0 aliphatic rings. The van der Waals surface area contributed by atoms with Crippen molar-refractivity contribution in [2.24, 2.45) is 0 Å². The summed E-state index contributed by atoms with van der Waals surface area (Å²) in [4.78, 5) is 25.9. The third kappa shape index (κ3) is 3.86. The average Bonchev–Trinajstić information content (AvgIpc) is 3.19. The van der Waals surface area contributed by atoms with Crippen molar-refractivity contribution in [3.63, 3.8) is 0 Å². The van der Waals surface area contributed by atoms with Gasteiger partial charge in [-0.05, 0) is 50.1 Å². The first-order chi connectivity index (χ1) is 14.9. The summed E-state index contributed by atoms with van der Waals surface area (Å²) in [7, 11) is 1.56. The molecule has 0 bridgehead atoms. The lowest BCUT2D eigenvalue weighted by Crippen LogP contribution is -2.21. The normalized spacial score (nSPS) is 12.1. The van der Waals surface area contributed by atoms with E-state index in [9.17, 15) is 9.59 Å². The third-order valence-corrected chi connectivity index (χ3v) is 6.28. The van der Waals surface area contributed by atoms with Crippen LogP contribution >= 0.6 is 11.8 Å². The number of para-hydroxylation sites is 2. The summed E-state index contributed by atoms with van der Waals surface area (Å²) in [6, 6.07) is 13.0. The van der Waals surface area contributed by atoms with Gasteiger partial charge in [0.05, 0.1) is 18.0 Å². The summed E-state index contributed by atoms with van der Waals surface area (Å²) in [5.41, 5.74) is 3.36. The molecule has 0 saturated carbocycles. The van der Waals surface area contributed by atoms with Crippen molar-refractivity contribution in [1.29, 1.82) is 0 Å². The number of thioether (sulfide) groups is 1. The van der Waals surface area contributed by atoms with Crippen LogP contribution in [0.1, 0.15) is 28.4 Å². The number of ether oxygens (including phenoxy) is 1. The van der Waals surface area contributed by atoms with Crippen LogP contribution in [0.25, 0.3) is 11.3 Å². The fraction of sp³-hybridized carbons (Fsp3) is 0.217. The van der Waals surface area contributed by atoms with Gasteiger partial charge in [0.1, 0.15) is 5.75 Å². The standard InChI is InChI=1S/C23H22N4O3S/c1-14-9-10-17(13-15(14)2)20(28)16(3)31-23-25-24-21-22(29)26(11-12-27(21)23)18-7-5-6-8-19(18)30-4/h5-13,16H,1-4H3/t16-/m1/s1. The molecule has 31 heavy (non-hydrogen) atoms. The minimum absolute atomic E-state index is 0.00668. The van der Waals surface area contributed by atoms with E-state index >= 15 is 0 Å². The van der Waals surface area contributed by atoms with Gasteiger partial charge in [0.2, 0.25) is 5.65 Å². The monoisotopic (exact) mass is 434 g/mol. The number of hydrogen-bond acceptors (Lipinski definition) is 6. The van der Waals surface area contributed by atoms with Crippen molar-refractivity contribution in [3.8, 4) is 11.4 Å². The molecule has 2 aromatic carbocycles. The molecule has 8 heteroatoms. The van der Waals surface area contributed by atoms with Crippen molar-refractivity contribution < 1.29 is 9.53 Å². The third-order valence-electron chi connectivity index (χ3n) is 5.23. The number of ketones is 1. The van der Waals surface area contributed by atoms with Gasteiger partial charge in [0.15, 0.2) is 10.9 Å². The molecule has 4 aromatic rings. The molecular weight excluding hydrogens is 412 g/mol. The number of carbonyl (C=O) groups excluding carboxylic acids is 1. The second-order valence-corrected chi connectivity index (χ2v) is 8.55. The van der Waals surface area contributed by atoms with Gasteiger partial charge < -0.3 is 4.74 Å². The second kappa shape index (κ2) is 8.39. The summed E-state index contributed by atoms with van der Waals surface area (Å²) in [6.45, 7) is 5.84. The number of Topliss-reactive ketones (excluding diaryl/α,β-unsaturated/α-hetero) is 1. The molecule has 0 aliphatic heterocycles. The van der Waals surface area contributed by atoms with Gasteiger partial charge in [0, 0.05) is 18.0 Å². The molecule has 0 radical (unpaired) electrons. The van der Waals surface area contributed by atoms with E-state index in [-0.39, 0.29) is 22.2 Å². The summed E-state index contributed by atoms with van der Waals surface area (Å²) in [6.07, 6.45) is 3.37. The van der Waals surface area contributed by atoms with Crippen molar-refractivity contribution in [3.05, 3.63) is 81.9 Å². The first-order valence-corrected chi connectivity index (χ1v) is 10.7. The number of aromatic nitrogens is 4. The van der Waals surface area contributed by atoms with E-state index in [1.54, 1.807) is 36.0 Å². The zero-order valence-electron chi connectivity index (χ0n) is 17.7. The Bertz CT molecular complexity index is 1340. The number of rotatable bonds is 6. The van der Waals surface area contributed by atoms with Crippen LogP contribution in [0, 0.1) is 13.8 Å². The Labute approximate surface area is 183 Å². The number of fused-ring (bicyclic) bond motifs is 1. The highest BCUT2D eigenvalue weighted by atomic mass is 32.2. The highest BCUT2D eigenvalue weighted by Gasteiger charge is 2.21. The molecule has 0 N–H and O–H groups in total. The Morgan fingerprint density at radius 1 is 1.06 bits per heavy atom. The van der Waals surface area contributed by atoms with E-state index in [1.807, 2.05) is 51.1 Å². The molecule has 4 rings (SSSR count). The molecule has 0 amide bonds. The van der Waals surface area contributed by atoms with Crippen LogP contribution in [0.15, 0.2) is 64.8 Å². The lowest BCUT2D eigenvalue weighted by molar-refractivity contribution is 0.0993. The van der Waals surface area contributed by atoms with E-state index in [4.69, 9.17) is 4.74 Å². The smallest absolute Gasteiger partial charge is 0.300 e. The average molecular weight is 435 g/mol. The van der Waals surface area contributed by atoms with Gasteiger partial charge in [-0.2, -0.15) is 0 Å². The number of methoxy groups -OCH3 is 1. The molecule has 158 valence electrons. The van der Waals surface area contributed by atoms with Gasteiger partial charge in [-0.15, -0.1) is 10.2 Å². The number of carbonyl (C=O) groups is 1. The zero-order valence-corrected chi connectivity index (χ0v) is 18.5. The van der Waals surface area contributed by atoms with E-state index in [2.05, 4.69) is 10.2 Å². The van der Waals surface area contributed by atoms with Gasteiger partial charge in [-0.25, -0.2) is 0 Å². The predicted octanol–water partition coefficient (Wildman–Crippen LogP) is 3.87. The Balaban J connectivity index is 1.65. The van der Waals surface area contributed by atoms with Crippen LogP contribution in [0.4, 0.5) is 0 Å². The van der Waals surface area contributed by atoms with Gasteiger partial charge in [0.25, 0.3) is 0 Å². The molecule has 1 atom stereocenters. The van der Waals surface area contributed by atoms with E-state index in [0.29, 0.717) is 22.2 Å². The molecule has 0 unspecified atom stereocenters. The number of benzene rings is 2. The number of hydrogen-bond donors (Lipinski definition) is 0. The zero-order chi connectivity index (χ0) is 22.1. The minimum atomic E-state index is -0.383. The van der Waals surface area contributed by atoms with E-state index < -0.39 is 0 Å². The second-order valence-electron chi connectivity index (χ2n) is 7.24.